The summed E-state index contributed by atoms with van der Waals surface area (Å²) in [5.41, 5.74) is 8.70. The van der Waals surface area contributed by atoms with E-state index >= 15 is 0 Å². The molecule has 0 aliphatic carbocycles. The number of carbonyl (C=O) groups excluding carboxylic acids is 1. The monoisotopic (exact) mass is 275 g/mol. The first-order chi connectivity index (χ1) is 8.99. The highest BCUT2D eigenvalue weighted by Crippen LogP contribution is 2.23. The van der Waals surface area contributed by atoms with E-state index < -0.39 is 0 Å². The summed E-state index contributed by atoms with van der Waals surface area (Å²) in [4.78, 5) is 16.6. The number of amides is 1. The lowest BCUT2D eigenvalue weighted by Crippen LogP contribution is -2.15. The standard InChI is InChI=1S/C14H17N3OS/c1-8(2)11-7-19-14(16-11)17-13(18)12-9(3)5-4-6-10(12)15/h4-8H,15H2,1-3H3,(H,16,17,18). The number of nitrogens with one attached hydrogen (secondary N) is 1. The number of hydrogen-bond donors (Lipinski definition) is 2. The Balaban J connectivity index is 2.21. The maximum atomic E-state index is 12.2. The SMILES string of the molecule is Cc1cccc(N)c1C(=O)Nc1nc(C(C)C)cs1. The largest absolute Gasteiger partial charge is 0.398 e. The lowest BCUT2D eigenvalue weighted by molar-refractivity contribution is 0.102. The van der Waals surface area contributed by atoms with Gasteiger partial charge in [0.2, 0.25) is 0 Å². The molecule has 1 amide bonds. The zero-order chi connectivity index (χ0) is 14.0. The van der Waals surface area contributed by atoms with Gasteiger partial charge in [0.1, 0.15) is 0 Å². The Kier molecular flexibility index (Phi) is 3.85. The van der Waals surface area contributed by atoms with E-state index in [9.17, 15) is 4.79 Å². The molecule has 100 valence electrons. The number of hydrogen-bond acceptors (Lipinski definition) is 4. The molecule has 5 heteroatoms. The van der Waals surface area contributed by atoms with Gasteiger partial charge in [-0.05, 0) is 24.5 Å². The molecule has 1 heterocycles. The zero-order valence-corrected chi connectivity index (χ0v) is 12.0. The molecule has 0 aliphatic rings. The van der Waals surface area contributed by atoms with Crippen LogP contribution in [0, 0.1) is 6.92 Å². The number of rotatable bonds is 3. The van der Waals surface area contributed by atoms with Crippen LogP contribution in [0.3, 0.4) is 0 Å². The molecule has 1 aromatic heterocycles. The third-order valence-corrected chi connectivity index (χ3v) is 3.64. The Hall–Kier alpha value is -1.88. The third kappa shape index (κ3) is 2.93. The quantitative estimate of drug-likeness (QED) is 0.843. The summed E-state index contributed by atoms with van der Waals surface area (Å²) in [6.07, 6.45) is 0. The number of thiazole rings is 1. The second-order valence-electron chi connectivity index (χ2n) is 4.73. The fraction of sp³-hybridized carbons (Fsp3) is 0.286. The molecule has 0 saturated heterocycles. The normalized spacial score (nSPS) is 10.7. The van der Waals surface area contributed by atoms with Gasteiger partial charge in [0.25, 0.3) is 5.91 Å². The van der Waals surface area contributed by atoms with Crippen LogP contribution in [0.5, 0.6) is 0 Å². The van der Waals surface area contributed by atoms with Crippen molar-refractivity contribution in [1.29, 1.82) is 0 Å². The van der Waals surface area contributed by atoms with Gasteiger partial charge in [0.05, 0.1) is 11.3 Å². The van der Waals surface area contributed by atoms with Crippen LogP contribution in [-0.4, -0.2) is 10.9 Å². The Bertz CT molecular complexity index is 584. The molecule has 0 spiro atoms. The van der Waals surface area contributed by atoms with Crippen molar-refractivity contribution in [2.45, 2.75) is 26.7 Å². The van der Waals surface area contributed by atoms with Crippen molar-refractivity contribution in [3.8, 4) is 0 Å². The molecule has 0 aliphatic heterocycles. The Morgan fingerprint density at radius 1 is 1.42 bits per heavy atom. The molecule has 2 rings (SSSR count). The number of nitrogens with zero attached hydrogens (tertiary/aromatic N) is 1. The van der Waals surface area contributed by atoms with E-state index in [1.165, 1.54) is 11.3 Å². The topological polar surface area (TPSA) is 68.0 Å². The first-order valence-corrected chi connectivity index (χ1v) is 6.99. The fourth-order valence-electron chi connectivity index (χ4n) is 1.77. The molecule has 0 radical (unpaired) electrons. The van der Waals surface area contributed by atoms with E-state index in [0.29, 0.717) is 22.3 Å². The molecule has 0 unspecified atom stereocenters. The minimum Gasteiger partial charge on any atom is -0.398 e. The van der Waals surface area contributed by atoms with Gasteiger partial charge in [-0.1, -0.05) is 26.0 Å². The van der Waals surface area contributed by atoms with Crippen molar-refractivity contribution >= 4 is 28.1 Å². The highest BCUT2D eigenvalue weighted by Gasteiger charge is 2.14. The third-order valence-electron chi connectivity index (χ3n) is 2.87. The molecule has 19 heavy (non-hydrogen) atoms. The van der Waals surface area contributed by atoms with Crippen LogP contribution in [0.4, 0.5) is 10.8 Å². The van der Waals surface area contributed by atoms with E-state index in [-0.39, 0.29) is 5.91 Å². The summed E-state index contributed by atoms with van der Waals surface area (Å²) in [5, 5.41) is 5.37. The summed E-state index contributed by atoms with van der Waals surface area (Å²) in [6.45, 7) is 6.01. The van der Waals surface area contributed by atoms with Crippen molar-refractivity contribution in [1.82, 2.24) is 4.98 Å². The molecule has 0 atom stereocenters. The molecule has 4 nitrogen and oxygen atoms in total. The summed E-state index contributed by atoms with van der Waals surface area (Å²) in [5.74, 6) is 0.144. The number of anilines is 2. The molecule has 0 fully saturated rings. The lowest BCUT2D eigenvalue weighted by atomic mass is 10.1. The predicted octanol–water partition coefficient (Wildman–Crippen LogP) is 3.41. The van der Waals surface area contributed by atoms with Gasteiger partial charge < -0.3 is 5.73 Å². The molecule has 3 N–H and O–H groups in total. The van der Waals surface area contributed by atoms with Crippen molar-refractivity contribution in [2.24, 2.45) is 0 Å². The predicted molar refractivity (Wildman–Crippen MR) is 79.7 cm³/mol. The smallest absolute Gasteiger partial charge is 0.259 e. The van der Waals surface area contributed by atoms with E-state index in [1.54, 1.807) is 6.07 Å². The first kappa shape index (κ1) is 13.5. The summed E-state index contributed by atoms with van der Waals surface area (Å²) in [7, 11) is 0. The van der Waals surface area contributed by atoms with Gasteiger partial charge in [-0.15, -0.1) is 11.3 Å². The number of aryl methyl sites for hydroxylation is 1. The summed E-state index contributed by atoms with van der Waals surface area (Å²) in [6, 6.07) is 5.43. The van der Waals surface area contributed by atoms with Crippen molar-refractivity contribution in [3.63, 3.8) is 0 Å². The number of nitrogens with two attached hydrogens (primary N) is 1. The molecule has 0 bridgehead atoms. The molecule has 1 aromatic carbocycles. The van der Waals surface area contributed by atoms with E-state index in [1.807, 2.05) is 24.4 Å². The number of aromatic nitrogens is 1. The molecular weight excluding hydrogens is 258 g/mol. The van der Waals surface area contributed by atoms with Crippen LogP contribution in [-0.2, 0) is 0 Å². The highest BCUT2D eigenvalue weighted by molar-refractivity contribution is 7.14. The fourth-order valence-corrected chi connectivity index (χ4v) is 2.64. The van der Waals surface area contributed by atoms with E-state index in [4.69, 9.17) is 5.73 Å². The minimum absolute atomic E-state index is 0.208. The highest BCUT2D eigenvalue weighted by atomic mass is 32.1. The van der Waals surface area contributed by atoms with Crippen LogP contribution >= 0.6 is 11.3 Å². The van der Waals surface area contributed by atoms with Gasteiger partial charge >= 0.3 is 0 Å². The Labute approximate surface area is 116 Å². The van der Waals surface area contributed by atoms with Crippen molar-refractivity contribution < 1.29 is 4.79 Å². The Morgan fingerprint density at radius 2 is 2.16 bits per heavy atom. The van der Waals surface area contributed by atoms with Gasteiger partial charge in [-0.3, -0.25) is 10.1 Å². The van der Waals surface area contributed by atoms with Crippen LogP contribution < -0.4 is 11.1 Å². The van der Waals surface area contributed by atoms with Crippen LogP contribution in [0.15, 0.2) is 23.6 Å². The number of carbonyl (C=O) groups is 1. The maximum Gasteiger partial charge on any atom is 0.259 e. The zero-order valence-electron chi connectivity index (χ0n) is 11.2. The average molecular weight is 275 g/mol. The van der Waals surface area contributed by atoms with Gasteiger partial charge in [-0.2, -0.15) is 0 Å². The summed E-state index contributed by atoms with van der Waals surface area (Å²) >= 11 is 1.43. The van der Waals surface area contributed by atoms with Crippen molar-refractivity contribution in [3.05, 3.63) is 40.4 Å². The van der Waals surface area contributed by atoms with E-state index in [2.05, 4.69) is 24.1 Å². The first-order valence-electron chi connectivity index (χ1n) is 6.11. The van der Waals surface area contributed by atoms with Crippen molar-refractivity contribution in [2.75, 3.05) is 11.1 Å². The van der Waals surface area contributed by atoms with Crippen LogP contribution in [0.1, 0.15) is 41.4 Å². The second kappa shape index (κ2) is 5.40. The molecule has 0 saturated carbocycles. The Morgan fingerprint density at radius 3 is 2.74 bits per heavy atom. The van der Waals surface area contributed by atoms with Gasteiger partial charge in [-0.25, -0.2) is 4.98 Å². The molecular formula is C14H17N3OS. The summed E-state index contributed by atoms with van der Waals surface area (Å²) < 4.78 is 0. The maximum absolute atomic E-state index is 12.2. The lowest BCUT2D eigenvalue weighted by Gasteiger charge is -2.08. The molecule has 2 aromatic rings. The number of benzene rings is 1. The average Bonchev–Trinajstić information content (AvgIpc) is 2.77. The van der Waals surface area contributed by atoms with Crippen LogP contribution in [0.25, 0.3) is 0 Å². The van der Waals surface area contributed by atoms with Crippen LogP contribution in [0.2, 0.25) is 0 Å². The minimum atomic E-state index is -0.208. The van der Waals surface area contributed by atoms with E-state index in [0.717, 1.165) is 11.3 Å². The second-order valence-corrected chi connectivity index (χ2v) is 5.58. The van der Waals surface area contributed by atoms with Gasteiger partial charge in [0.15, 0.2) is 5.13 Å². The van der Waals surface area contributed by atoms with Gasteiger partial charge in [0, 0.05) is 11.1 Å². The number of nitrogen functional groups attached to an aromatic ring is 1.